The van der Waals surface area contributed by atoms with Crippen molar-refractivity contribution >= 4 is 5.96 Å². The van der Waals surface area contributed by atoms with Gasteiger partial charge >= 0.3 is 0 Å². The van der Waals surface area contributed by atoms with Crippen molar-refractivity contribution in [3.8, 4) is 11.6 Å². The van der Waals surface area contributed by atoms with Crippen LogP contribution in [-0.4, -0.2) is 36.7 Å². The van der Waals surface area contributed by atoms with Gasteiger partial charge in [0.15, 0.2) is 5.96 Å². The van der Waals surface area contributed by atoms with Gasteiger partial charge in [-0.25, -0.2) is 14.4 Å². The van der Waals surface area contributed by atoms with Crippen molar-refractivity contribution in [1.29, 1.82) is 0 Å². The number of rotatable bonds is 7. The second-order valence-electron chi connectivity index (χ2n) is 6.27. The first-order chi connectivity index (χ1) is 13.2. The average Bonchev–Trinajstić information content (AvgIpc) is 3.20. The minimum absolute atomic E-state index is 0.255. The third-order valence-corrected chi connectivity index (χ3v) is 4.12. The summed E-state index contributed by atoms with van der Waals surface area (Å²) in [5.74, 6) is 1.44. The largest absolute Gasteiger partial charge is 0.439 e. The van der Waals surface area contributed by atoms with Gasteiger partial charge in [0.25, 0.3) is 0 Å². The van der Waals surface area contributed by atoms with Crippen molar-refractivity contribution in [2.75, 3.05) is 19.7 Å². The van der Waals surface area contributed by atoms with E-state index >= 15 is 0 Å². The molecule has 0 spiro atoms. The molecule has 0 bridgehead atoms. The van der Waals surface area contributed by atoms with Crippen LogP contribution < -0.4 is 15.4 Å². The lowest BCUT2D eigenvalue weighted by atomic mass is 10.2. The molecule has 1 saturated heterocycles. The van der Waals surface area contributed by atoms with Crippen molar-refractivity contribution in [2.24, 2.45) is 4.99 Å². The maximum Gasteiger partial charge on any atom is 0.219 e. The lowest BCUT2D eigenvalue weighted by Crippen LogP contribution is -2.41. The van der Waals surface area contributed by atoms with E-state index in [0.717, 1.165) is 44.1 Å². The lowest BCUT2D eigenvalue weighted by molar-refractivity contribution is 0.114. The second-order valence-corrected chi connectivity index (χ2v) is 6.27. The van der Waals surface area contributed by atoms with Crippen molar-refractivity contribution in [3.63, 3.8) is 0 Å². The number of guanidine groups is 1. The third-order valence-electron chi connectivity index (χ3n) is 4.12. The maximum absolute atomic E-state index is 13.0. The Morgan fingerprint density at radius 3 is 2.89 bits per heavy atom. The maximum atomic E-state index is 13.0. The van der Waals surface area contributed by atoms with E-state index in [2.05, 4.69) is 20.6 Å². The molecule has 1 aromatic heterocycles. The number of ether oxygens (including phenoxy) is 2. The molecule has 0 aliphatic carbocycles. The zero-order valence-corrected chi connectivity index (χ0v) is 15.5. The van der Waals surface area contributed by atoms with Gasteiger partial charge in [-0.2, -0.15) is 0 Å². The summed E-state index contributed by atoms with van der Waals surface area (Å²) < 4.78 is 24.3. The topological polar surface area (TPSA) is 67.8 Å². The number of nitrogens with one attached hydrogen (secondary N) is 2. The Bertz CT molecular complexity index is 746. The molecule has 0 radical (unpaired) electrons. The number of benzene rings is 1. The predicted molar refractivity (Wildman–Crippen MR) is 103 cm³/mol. The number of aromatic nitrogens is 1. The van der Waals surface area contributed by atoms with Gasteiger partial charge in [0.2, 0.25) is 5.88 Å². The monoisotopic (exact) mass is 372 g/mol. The van der Waals surface area contributed by atoms with Gasteiger partial charge in [0.1, 0.15) is 11.6 Å². The predicted octanol–water partition coefficient (Wildman–Crippen LogP) is 3.25. The van der Waals surface area contributed by atoms with Crippen LogP contribution in [0, 0.1) is 5.82 Å². The molecule has 2 aromatic rings. The van der Waals surface area contributed by atoms with Crippen LogP contribution in [0.2, 0.25) is 0 Å². The van der Waals surface area contributed by atoms with E-state index in [1.807, 2.05) is 19.1 Å². The molecule has 2 N–H and O–H groups in total. The number of hydrogen-bond acceptors (Lipinski definition) is 4. The van der Waals surface area contributed by atoms with Crippen LogP contribution in [-0.2, 0) is 11.3 Å². The summed E-state index contributed by atoms with van der Waals surface area (Å²) in [5.41, 5.74) is 0.969. The quantitative estimate of drug-likeness (QED) is 0.577. The Hall–Kier alpha value is -2.67. The van der Waals surface area contributed by atoms with Crippen molar-refractivity contribution in [2.45, 2.75) is 32.4 Å². The van der Waals surface area contributed by atoms with E-state index in [0.29, 0.717) is 18.2 Å². The van der Waals surface area contributed by atoms with E-state index in [1.54, 1.807) is 18.3 Å². The molecule has 0 amide bonds. The minimum Gasteiger partial charge on any atom is -0.439 e. The van der Waals surface area contributed by atoms with Gasteiger partial charge in [0, 0.05) is 32.0 Å². The molecule has 6 nitrogen and oxygen atoms in total. The number of halogens is 1. The van der Waals surface area contributed by atoms with E-state index in [9.17, 15) is 4.39 Å². The highest BCUT2D eigenvalue weighted by atomic mass is 19.1. The van der Waals surface area contributed by atoms with Gasteiger partial charge in [-0.1, -0.05) is 0 Å². The zero-order valence-electron chi connectivity index (χ0n) is 15.5. The van der Waals surface area contributed by atoms with E-state index < -0.39 is 0 Å². The Kier molecular flexibility index (Phi) is 6.98. The second kappa shape index (κ2) is 9.87. The average molecular weight is 372 g/mol. The molecule has 7 heteroatoms. The Morgan fingerprint density at radius 1 is 1.30 bits per heavy atom. The molecule has 144 valence electrons. The van der Waals surface area contributed by atoms with Gasteiger partial charge in [0.05, 0.1) is 12.6 Å². The molecular weight excluding hydrogens is 347 g/mol. The SMILES string of the molecule is CCNC(=NCc1ccnc(Oc2ccc(F)cc2)c1)NCC1CCCO1. The summed E-state index contributed by atoms with van der Waals surface area (Å²) in [6, 6.07) is 9.57. The first kappa shape index (κ1) is 19.1. The lowest BCUT2D eigenvalue weighted by Gasteiger charge is -2.14. The van der Waals surface area contributed by atoms with Crippen molar-refractivity contribution < 1.29 is 13.9 Å². The minimum atomic E-state index is -0.301. The Balaban J connectivity index is 1.59. The number of pyridine rings is 1. The molecule has 2 heterocycles. The Morgan fingerprint density at radius 2 is 2.15 bits per heavy atom. The molecule has 1 aliphatic rings. The van der Waals surface area contributed by atoms with Crippen LogP contribution in [0.4, 0.5) is 4.39 Å². The van der Waals surface area contributed by atoms with Crippen LogP contribution >= 0.6 is 0 Å². The van der Waals surface area contributed by atoms with Crippen molar-refractivity contribution in [3.05, 3.63) is 54.0 Å². The highest BCUT2D eigenvalue weighted by Crippen LogP contribution is 2.20. The third kappa shape index (κ3) is 6.21. The van der Waals surface area contributed by atoms with E-state index in [1.165, 1.54) is 12.1 Å². The molecule has 1 aromatic carbocycles. The van der Waals surface area contributed by atoms with Crippen molar-refractivity contribution in [1.82, 2.24) is 15.6 Å². The molecule has 3 rings (SSSR count). The Labute approximate surface area is 158 Å². The smallest absolute Gasteiger partial charge is 0.219 e. The fraction of sp³-hybridized carbons (Fsp3) is 0.400. The highest BCUT2D eigenvalue weighted by Gasteiger charge is 2.15. The van der Waals surface area contributed by atoms with Gasteiger partial charge in [-0.3, -0.25) is 0 Å². The summed E-state index contributed by atoms with van der Waals surface area (Å²) in [5, 5.41) is 6.56. The summed E-state index contributed by atoms with van der Waals surface area (Å²) in [7, 11) is 0. The van der Waals surface area contributed by atoms with Gasteiger partial charge in [-0.05, 0) is 55.7 Å². The van der Waals surface area contributed by atoms with E-state index in [4.69, 9.17) is 9.47 Å². The fourth-order valence-corrected chi connectivity index (χ4v) is 2.76. The highest BCUT2D eigenvalue weighted by molar-refractivity contribution is 5.79. The van der Waals surface area contributed by atoms with Crippen LogP contribution in [0.1, 0.15) is 25.3 Å². The summed E-state index contributed by atoms with van der Waals surface area (Å²) in [6.45, 7) is 4.90. The van der Waals surface area contributed by atoms with E-state index in [-0.39, 0.29) is 11.9 Å². The van der Waals surface area contributed by atoms with Crippen LogP contribution in [0.3, 0.4) is 0 Å². The first-order valence-corrected chi connectivity index (χ1v) is 9.25. The van der Waals surface area contributed by atoms with Gasteiger partial charge < -0.3 is 20.1 Å². The van der Waals surface area contributed by atoms with Crippen LogP contribution in [0.15, 0.2) is 47.6 Å². The molecule has 0 saturated carbocycles. The molecule has 1 fully saturated rings. The number of hydrogen-bond donors (Lipinski definition) is 2. The summed E-state index contributed by atoms with van der Waals surface area (Å²) in [6.07, 6.45) is 4.14. The normalized spacial score (nSPS) is 17.0. The zero-order chi connectivity index (χ0) is 18.9. The number of aliphatic imine (C=N–C) groups is 1. The summed E-state index contributed by atoms with van der Waals surface area (Å²) >= 11 is 0. The molecule has 1 atom stereocenters. The number of nitrogens with zero attached hydrogens (tertiary/aromatic N) is 2. The molecular formula is C20H25FN4O2. The molecule has 27 heavy (non-hydrogen) atoms. The fourth-order valence-electron chi connectivity index (χ4n) is 2.76. The summed E-state index contributed by atoms with van der Waals surface area (Å²) in [4.78, 5) is 8.81. The molecule has 1 unspecified atom stereocenters. The molecule has 1 aliphatic heterocycles. The van der Waals surface area contributed by atoms with Gasteiger partial charge in [-0.15, -0.1) is 0 Å². The van der Waals surface area contributed by atoms with Crippen LogP contribution in [0.5, 0.6) is 11.6 Å². The standard InChI is InChI=1S/C20H25FN4O2/c1-2-22-20(25-14-18-4-3-11-26-18)24-13-15-9-10-23-19(12-15)27-17-7-5-16(21)6-8-17/h5-10,12,18H,2-4,11,13-14H2,1H3,(H2,22,24,25). The first-order valence-electron chi connectivity index (χ1n) is 9.25. The van der Waals surface area contributed by atoms with Crippen LogP contribution in [0.25, 0.3) is 0 Å².